The van der Waals surface area contributed by atoms with Crippen LogP contribution < -0.4 is 19.4 Å². The molecule has 2 saturated heterocycles. The van der Waals surface area contributed by atoms with E-state index >= 15 is 0 Å². The molecule has 0 spiro atoms. The highest BCUT2D eigenvalue weighted by Crippen LogP contribution is 2.43. The van der Waals surface area contributed by atoms with Crippen molar-refractivity contribution in [1.82, 2.24) is 0 Å². The second-order valence-electron chi connectivity index (χ2n) is 9.95. The summed E-state index contributed by atoms with van der Waals surface area (Å²) in [4.78, 5) is 43.2. The van der Waals surface area contributed by atoms with Crippen LogP contribution in [0.25, 0.3) is 0 Å². The number of hydrogen-bond donors (Lipinski definition) is 0. The van der Waals surface area contributed by atoms with E-state index in [4.69, 9.17) is 4.74 Å². The van der Waals surface area contributed by atoms with E-state index in [-0.39, 0.29) is 29.3 Å². The highest BCUT2D eigenvalue weighted by molar-refractivity contribution is 6.22. The van der Waals surface area contributed by atoms with Gasteiger partial charge < -0.3 is 14.5 Å². The van der Waals surface area contributed by atoms with Crippen LogP contribution in [0.4, 0.5) is 22.7 Å². The standard InChI is InChI=1S/C27H32N4O5/c1-3-36-25-7-5-4-6-23(25)29-14-12-28(13-15-29)22-11-9-19(17-24(22)31(34)35)30-26(32)20-10-8-18(2)16-21(20)27(30)33/h4-7,9,11,17-18,20-21H,3,8,10,12-16H2,1-2H3. The van der Waals surface area contributed by atoms with Crippen molar-refractivity contribution in [1.29, 1.82) is 0 Å². The summed E-state index contributed by atoms with van der Waals surface area (Å²) in [6, 6.07) is 12.7. The number of imide groups is 1. The molecule has 9 heteroatoms. The number of piperazine rings is 1. The van der Waals surface area contributed by atoms with E-state index in [1.54, 1.807) is 12.1 Å². The van der Waals surface area contributed by atoms with Crippen molar-refractivity contribution in [2.24, 2.45) is 17.8 Å². The number of hydrogen-bond acceptors (Lipinski definition) is 7. The molecule has 3 aliphatic rings. The lowest BCUT2D eigenvalue weighted by molar-refractivity contribution is -0.384. The van der Waals surface area contributed by atoms with Gasteiger partial charge in [-0.15, -0.1) is 0 Å². The summed E-state index contributed by atoms with van der Waals surface area (Å²) >= 11 is 0. The van der Waals surface area contributed by atoms with Crippen molar-refractivity contribution in [3.05, 3.63) is 52.6 Å². The Balaban J connectivity index is 1.36. The molecule has 2 aromatic rings. The third-order valence-corrected chi connectivity index (χ3v) is 7.73. The molecule has 36 heavy (non-hydrogen) atoms. The predicted molar refractivity (Wildman–Crippen MR) is 138 cm³/mol. The molecular formula is C27H32N4O5. The Morgan fingerprint density at radius 3 is 2.31 bits per heavy atom. The molecule has 2 amide bonds. The van der Waals surface area contributed by atoms with Crippen LogP contribution in [0.5, 0.6) is 5.75 Å². The maximum absolute atomic E-state index is 13.1. The summed E-state index contributed by atoms with van der Waals surface area (Å²) in [6.45, 7) is 7.22. The molecule has 1 aliphatic carbocycles. The number of para-hydroxylation sites is 2. The van der Waals surface area contributed by atoms with Crippen LogP contribution in [0.2, 0.25) is 0 Å². The number of carbonyl (C=O) groups is 2. The summed E-state index contributed by atoms with van der Waals surface area (Å²) in [5.74, 6) is 0.172. The fourth-order valence-corrected chi connectivity index (χ4v) is 5.89. The highest BCUT2D eigenvalue weighted by atomic mass is 16.6. The molecule has 3 atom stereocenters. The number of rotatable bonds is 6. The first-order valence-electron chi connectivity index (χ1n) is 12.8. The zero-order valence-electron chi connectivity index (χ0n) is 20.8. The number of anilines is 3. The van der Waals surface area contributed by atoms with E-state index in [0.29, 0.717) is 62.9 Å². The molecular weight excluding hydrogens is 460 g/mol. The van der Waals surface area contributed by atoms with Gasteiger partial charge in [0.1, 0.15) is 11.4 Å². The first-order chi connectivity index (χ1) is 17.4. The van der Waals surface area contributed by atoms with E-state index in [9.17, 15) is 19.7 Å². The quantitative estimate of drug-likeness (QED) is 0.338. The molecule has 2 aliphatic heterocycles. The average molecular weight is 493 g/mol. The molecule has 1 saturated carbocycles. The summed E-state index contributed by atoms with van der Waals surface area (Å²) in [6.07, 6.45) is 2.32. The van der Waals surface area contributed by atoms with Crippen LogP contribution >= 0.6 is 0 Å². The zero-order valence-corrected chi connectivity index (χ0v) is 20.8. The molecule has 9 nitrogen and oxygen atoms in total. The van der Waals surface area contributed by atoms with Gasteiger partial charge in [0.25, 0.3) is 5.69 Å². The van der Waals surface area contributed by atoms with E-state index in [1.807, 2.05) is 36.1 Å². The summed E-state index contributed by atoms with van der Waals surface area (Å²) in [7, 11) is 0. The van der Waals surface area contributed by atoms with Gasteiger partial charge in [-0.1, -0.05) is 19.1 Å². The molecule has 0 radical (unpaired) electrons. The number of ether oxygens (including phenoxy) is 1. The third kappa shape index (κ3) is 4.27. The van der Waals surface area contributed by atoms with Gasteiger partial charge >= 0.3 is 0 Å². The van der Waals surface area contributed by atoms with Crippen LogP contribution in [-0.2, 0) is 9.59 Å². The lowest BCUT2D eigenvalue weighted by Gasteiger charge is -2.37. The van der Waals surface area contributed by atoms with Crippen LogP contribution in [0.1, 0.15) is 33.1 Å². The molecule has 0 aromatic heterocycles. The smallest absolute Gasteiger partial charge is 0.294 e. The van der Waals surface area contributed by atoms with E-state index in [0.717, 1.165) is 17.9 Å². The second kappa shape index (κ2) is 9.79. The van der Waals surface area contributed by atoms with Gasteiger partial charge in [-0.25, -0.2) is 4.90 Å². The fourth-order valence-electron chi connectivity index (χ4n) is 5.89. The topological polar surface area (TPSA) is 96.2 Å². The van der Waals surface area contributed by atoms with Gasteiger partial charge in [0.2, 0.25) is 11.8 Å². The monoisotopic (exact) mass is 492 g/mol. The predicted octanol–water partition coefficient (Wildman–Crippen LogP) is 4.25. The van der Waals surface area contributed by atoms with Gasteiger partial charge in [0.05, 0.1) is 34.7 Å². The molecule has 3 unspecified atom stereocenters. The molecule has 0 N–H and O–H groups in total. The lowest BCUT2D eigenvalue weighted by atomic mass is 9.76. The first kappa shape index (κ1) is 24.1. The highest BCUT2D eigenvalue weighted by Gasteiger charge is 2.50. The molecule has 3 fully saturated rings. The van der Waals surface area contributed by atoms with Crippen molar-refractivity contribution in [3.8, 4) is 5.75 Å². The van der Waals surface area contributed by atoms with Gasteiger partial charge in [0.15, 0.2) is 0 Å². The Morgan fingerprint density at radius 1 is 0.944 bits per heavy atom. The number of nitro benzene ring substituents is 1. The van der Waals surface area contributed by atoms with Crippen LogP contribution in [0.3, 0.4) is 0 Å². The van der Waals surface area contributed by atoms with Crippen molar-refractivity contribution >= 4 is 34.6 Å². The number of amides is 2. The maximum atomic E-state index is 13.1. The lowest BCUT2D eigenvalue weighted by Crippen LogP contribution is -2.46. The number of nitrogens with zero attached hydrogens (tertiary/aromatic N) is 4. The third-order valence-electron chi connectivity index (χ3n) is 7.73. The summed E-state index contributed by atoms with van der Waals surface area (Å²) < 4.78 is 5.77. The number of carbonyl (C=O) groups excluding carboxylic acids is 2. The van der Waals surface area contributed by atoms with Gasteiger partial charge in [-0.2, -0.15) is 0 Å². The van der Waals surface area contributed by atoms with E-state index in [2.05, 4.69) is 11.8 Å². The first-order valence-corrected chi connectivity index (χ1v) is 12.8. The SMILES string of the molecule is CCOc1ccccc1N1CCN(c2ccc(N3C(=O)C4CCC(C)CC4C3=O)cc2[N+](=O)[O-])CC1. The van der Waals surface area contributed by atoms with Crippen LogP contribution in [0.15, 0.2) is 42.5 Å². The van der Waals surface area contributed by atoms with Crippen molar-refractivity contribution in [3.63, 3.8) is 0 Å². The Kier molecular flexibility index (Phi) is 6.55. The number of fused-ring (bicyclic) bond motifs is 1. The van der Waals surface area contributed by atoms with Crippen molar-refractivity contribution in [2.45, 2.75) is 33.1 Å². The van der Waals surface area contributed by atoms with E-state index < -0.39 is 4.92 Å². The van der Waals surface area contributed by atoms with Crippen molar-refractivity contribution < 1.29 is 19.2 Å². The van der Waals surface area contributed by atoms with Crippen LogP contribution in [-0.4, -0.2) is 49.5 Å². The molecule has 5 rings (SSSR count). The maximum Gasteiger partial charge on any atom is 0.294 e. The molecule has 190 valence electrons. The van der Waals surface area contributed by atoms with Gasteiger partial charge in [-0.05, 0) is 56.4 Å². The normalized spacial score (nSPS) is 24.2. The average Bonchev–Trinajstić information content (AvgIpc) is 3.13. The second-order valence-corrected chi connectivity index (χ2v) is 9.95. The minimum atomic E-state index is -0.421. The minimum Gasteiger partial charge on any atom is -0.492 e. The Hall–Kier alpha value is -3.62. The summed E-state index contributed by atoms with van der Waals surface area (Å²) in [5.41, 5.74) is 1.74. The minimum absolute atomic E-state index is 0.0838. The molecule has 2 aromatic carbocycles. The number of benzene rings is 2. The van der Waals surface area contributed by atoms with Gasteiger partial charge in [0, 0.05) is 32.2 Å². The Labute approximate surface area is 210 Å². The van der Waals surface area contributed by atoms with Crippen LogP contribution in [0, 0.1) is 27.9 Å². The zero-order chi connectivity index (χ0) is 25.4. The Bertz CT molecular complexity index is 1180. The Morgan fingerprint density at radius 2 is 1.61 bits per heavy atom. The van der Waals surface area contributed by atoms with Crippen molar-refractivity contribution in [2.75, 3.05) is 47.5 Å². The van der Waals surface area contributed by atoms with Gasteiger partial charge in [-0.3, -0.25) is 19.7 Å². The number of nitro groups is 1. The fraction of sp³-hybridized carbons (Fsp3) is 0.481. The summed E-state index contributed by atoms with van der Waals surface area (Å²) in [5, 5.41) is 12.1. The molecule has 0 bridgehead atoms. The largest absolute Gasteiger partial charge is 0.492 e. The van der Waals surface area contributed by atoms with E-state index in [1.165, 1.54) is 11.0 Å². The molecule has 2 heterocycles.